The van der Waals surface area contributed by atoms with Gasteiger partial charge in [-0.25, -0.2) is 0 Å². The first-order chi connectivity index (χ1) is 6.29. The number of rotatable bonds is 5. The topological polar surface area (TPSA) is 60.2 Å². The van der Waals surface area contributed by atoms with Crippen LogP contribution in [0.25, 0.3) is 0 Å². The second-order valence-corrected chi connectivity index (χ2v) is 2.82. The molecule has 0 fully saturated rings. The SMILES string of the molecule is CCOCC(C)n1cnnc1CO. The third-order valence-corrected chi connectivity index (χ3v) is 1.83. The Bertz CT molecular complexity index is 249. The molecule has 0 saturated heterocycles. The van der Waals surface area contributed by atoms with E-state index in [2.05, 4.69) is 10.2 Å². The molecule has 0 aliphatic rings. The number of ether oxygens (including phenoxy) is 1. The molecule has 0 aliphatic carbocycles. The van der Waals surface area contributed by atoms with Gasteiger partial charge in [0.1, 0.15) is 12.9 Å². The molecule has 1 unspecified atom stereocenters. The van der Waals surface area contributed by atoms with Crippen LogP contribution in [0.15, 0.2) is 6.33 Å². The van der Waals surface area contributed by atoms with Crippen LogP contribution in [0.2, 0.25) is 0 Å². The number of hydrogen-bond acceptors (Lipinski definition) is 4. The van der Waals surface area contributed by atoms with Crippen molar-refractivity contribution in [2.45, 2.75) is 26.5 Å². The molecule has 13 heavy (non-hydrogen) atoms. The van der Waals surface area contributed by atoms with Crippen molar-refractivity contribution >= 4 is 0 Å². The Morgan fingerprint density at radius 1 is 1.69 bits per heavy atom. The number of aliphatic hydroxyl groups excluding tert-OH is 1. The van der Waals surface area contributed by atoms with Gasteiger partial charge in [0.15, 0.2) is 5.82 Å². The Hall–Kier alpha value is -0.940. The zero-order valence-electron chi connectivity index (χ0n) is 7.97. The summed E-state index contributed by atoms with van der Waals surface area (Å²) in [6, 6.07) is 0.164. The van der Waals surface area contributed by atoms with Crippen LogP contribution >= 0.6 is 0 Å². The van der Waals surface area contributed by atoms with E-state index in [-0.39, 0.29) is 12.6 Å². The molecule has 5 nitrogen and oxygen atoms in total. The molecule has 1 heterocycles. The molecule has 1 atom stereocenters. The molecule has 0 aliphatic heterocycles. The van der Waals surface area contributed by atoms with Crippen molar-refractivity contribution in [3.8, 4) is 0 Å². The molecular formula is C8H15N3O2. The van der Waals surface area contributed by atoms with Gasteiger partial charge in [0.05, 0.1) is 12.6 Å². The van der Waals surface area contributed by atoms with Gasteiger partial charge < -0.3 is 14.4 Å². The lowest BCUT2D eigenvalue weighted by Crippen LogP contribution is -2.14. The minimum Gasteiger partial charge on any atom is -0.388 e. The van der Waals surface area contributed by atoms with Gasteiger partial charge in [-0.3, -0.25) is 0 Å². The second-order valence-electron chi connectivity index (χ2n) is 2.82. The van der Waals surface area contributed by atoms with Crippen LogP contribution in [-0.2, 0) is 11.3 Å². The zero-order valence-corrected chi connectivity index (χ0v) is 7.97. The summed E-state index contributed by atoms with van der Waals surface area (Å²) in [5, 5.41) is 16.4. The molecular weight excluding hydrogens is 170 g/mol. The number of nitrogens with zero attached hydrogens (tertiary/aromatic N) is 3. The summed E-state index contributed by atoms with van der Waals surface area (Å²) in [4.78, 5) is 0. The summed E-state index contributed by atoms with van der Waals surface area (Å²) in [5.41, 5.74) is 0. The molecule has 0 radical (unpaired) electrons. The zero-order chi connectivity index (χ0) is 9.68. The van der Waals surface area contributed by atoms with Crippen molar-refractivity contribution in [3.05, 3.63) is 12.2 Å². The summed E-state index contributed by atoms with van der Waals surface area (Å²) in [5.74, 6) is 0.576. The molecule has 0 bridgehead atoms. The predicted octanol–water partition coefficient (Wildman–Crippen LogP) is 0.368. The van der Waals surface area contributed by atoms with E-state index in [1.54, 1.807) is 6.33 Å². The van der Waals surface area contributed by atoms with Crippen molar-refractivity contribution in [2.24, 2.45) is 0 Å². The highest BCUT2D eigenvalue weighted by atomic mass is 16.5. The molecule has 1 aromatic heterocycles. The van der Waals surface area contributed by atoms with Gasteiger partial charge in [-0.05, 0) is 13.8 Å². The highest BCUT2D eigenvalue weighted by Crippen LogP contribution is 2.07. The molecule has 74 valence electrons. The Morgan fingerprint density at radius 3 is 3.08 bits per heavy atom. The molecule has 1 N–H and O–H groups in total. The minimum atomic E-state index is -0.0868. The van der Waals surface area contributed by atoms with Gasteiger partial charge >= 0.3 is 0 Å². The van der Waals surface area contributed by atoms with Crippen molar-refractivity contribution in [1.29, 1.82) is 0 Å². The summed E-state index contributed by atoms with van der Waals surface area (Å²) >= 11 is 0. The second kappa shape index (κ2) is 4.94. The number of hydrogen-bond donors (Lipinski definition) is 1. The van der Waals surface area contributed by atoms with E-state index in [1.807, 2.05) is 18.4 Å². The Kier molecular flexibility index (Phi) is 3.85. The van der Waals surface area contributed by atoms with Crippen LogP contribution in [-0.4, -0.2) is 33.1 Å². The van der Waals surface area contributed by atoms with Crippen molar-refractivity contribution in [3.63, 3.8) is 0 Å². The van der Waals surface area contributed by atoms with E-state index in [9.17, 15) is 0 Å². The first kappa shape index (κ1) is 10.1. The smallest absolute Gasteiger partial charge is 0.158 e. The third-order valence-electron chi connectivity index (χ3n) is 1.83. The molecule has 0 saturated carbocycles. The van der Waals surface area contributed by atoms with E-state index < -0.39 is 0 Å². The standard InChI is InChI=1S/C8H15N3O2/c1-3-13-5-7(2)11-6-9-10-8(11)4-12/h6-7,12H,3-5H2,1-2H3. The normalized spacial score (nSPS) is 13.2. The van der Waals surface area contributed by atoms with Crippen LogP contribution < -0.4 is 0 Å². The van der Waals surface area contributed by atoms with E-state index in [4.69, 9.17) is 9.84 Å². The number of aliphatic hydroxyl groups is 1. The summed E-state index contributed by atoms with van der Waals surface area (Å²) < 4.78 is 7.08. The lowest BCUT2D eigenvalue weighted by atomic mass is 10.3. The Labute approximate surface area is 77.4 Å². The van der Waals surface area contributed by atoms with Crippen molar-refractivity contribution in [2.75, 3.05) is 13.2 Å². The summed E-state index contributed by atoms with van der Waals surface area (Å²) in [6.45, 7) is 5.17. The van der Waals surface area contributed by atoms with E-state index in [1.165, 1.54) is 0 Å². The predicted molar refractivity (Wildman–Crippen MR) is 47.1 cm³/mol. The first-order valence-corrected chi connectivity index (χ1v) is 4.36. The summed E-state index contributed by atoms with van der Waals surface area (Å²) in [6.07, 6.45) is 1.61. The van der Waals surface area contributed by atoms with Crippen LogP contribution in [0.5, 0.6) is 0 Å². The van der Waals surface area contributed by atoms with Gasteiger partial charge in [-0.1, -0.05) is 0 Å². The molecule has 1 aromatic rings. The monoisotopic (exact) mass is 185 g/mol. The van der Waals surface area contributed by atoms with E-state index in [0.29, 0.717) is 19.0 Å². The van der Waals surface area contributed by atoms with Crippen LogP contribution in [0, 0.1) is 0 Å². The quantitative estimate of drug-likeness (QED) is 0.720. The van der Waals surface area contributed by atoms with Gasteiger partial charge in [-0.15, -0.1) is 10.2 Å². The minimum absolute atomic E-state index is 0.0868. The highest BCUT2D eigenvalue weighted by Gasteiger charge is 2.09. The maximum Gasteiger partial charge on any atom is 0.158 e. The van der Waals surface area contributed by atoms with Crippen LogP contribution in [0.4, 0.5) is 0 Å². The summed E-state index contributed by atoms with van der Waals surface area (Å²) in [7, 11) is 0. The highest BCUT2D eigenvalue weighted by molar-refractivity contribution is 4.85. The van der Waals surface area contributed by atoms with Crippen molar-refractivity contribution < 1.29 is 9.84 Å². The Balaban J connectivity index is 2.59. The largest absolute Gasteiger partial charge is 0.388 e. The van der Waals surface area contributed by atoms with Gasteiger partial charge in [0.25, 0.3) is 0 Å². The maximum absolute atomic E-state index is 8.92. The lowest BCUT2D eigenvalue weighted by Gasteiger charge is -2.13. The molecule has 0 spiro atoms. The maximum atomic E-state index is 8.92. The fraction of sp³-hybridized carbons (Fsp3) is 0.750. The average Bonchev–Trinajstić information content (AvgIpc) is 2.61. The lowest BCUT2D eigenvalue weighted by molar-refractivity contribution is 0.116. The fourth-order valence-corrected chi connectivity index (χ4v) is 1.12. The van der Waals surface area contributed by atoms with Gasteiger partial charge in [-0.2, -0.15) is 0 Å². The fourth-order valence-electron chi connectivity index (χ4n) is 1.12. The van der Waals surface area contributed by atoms with Gasteiger partial charge in [0, 0.05) is 6.61 Å². The third kappa shape index (κ3) is 2.50. The van der Waals surface area contributed by atoms with Crippen molar-refractivity contribution in [1.82, 2.24) is 14.8 Å². The van der Waals surface area contributed by atoms with Crippen LogP contribution in [0.1, 0.15) is 25.7 Å². The Morgan fingerprint density at radius 2 is 2.46 bits per heavy atom. The van der Waals surface area contributed by atoms with E-state index >= 15 is 0 Å². The molecule has 0 aromatic carbocycles. The first-order valence-electron chi connectivity index (χ1n) is 4.36. The molecule has 0 amide bonds. The molecule has 1 rings (SSSR count). The average molecular weight is 185 g/mol. The van der Waals surface area contributed by atoms with Gasteiger partial charge in [0.2, 0.25) is 0 Å². The van der Waals surface area contributed by atoms with E-state index in [0.717, 1.165) is 0 Å². The molecule has 5 heteroatoms. The van der Waals surface area contributed by atoms with Crippen LogP contribution in [0.3, 0.4) is 0 Å². The number of aromatic nitrogens is 3.